The van der Waals surface area contributed by atoms with E-state index in [0.29, 0.717) is 22.9 Å². The molecule has 0 atom stereocenters. The smallest absolute Gasteiger partial charge is 0.175 e. The number of furan rings is 1. The van der Waals surface area contributed by atoms with Crippen molar-refractivity contribution < 1.29 is 13.7 Å². The van der Waals surface area contributed by atoms with E-state index in [2.05, 4.69) is 5.16 Å². The van der Waals surface area contributed by atoms with Crippen LogP contribution in [0.1, 0.15) is 0 Å². The van der Waals surface area contributed by atoms with Crippen LogP contribution in [0.15, 0.2) is 39.5 Å². The number of nitrogen functional groups attached to an aromatic ring is 1. The van der Waals surface area contributed by atoms with Crippen LogP contribution in [0.25, 0.3) is 22.3 Å². The van der Waals surface area contributed by atoms with Gasteiger partial charge in [-0.2, -0.15) is 0 Å². The maximum atomic E-state index is 5.52. The van der Waals surface area contributed by atoms with E-state index in [1.54, 1.807) is 19.4 Å². The SMILES string of the molecule is COc1cc(-c2cc(N)no2)cc2ccoc12. The molecule has 0 radical (unpaired) electrons. The molecular formula is C12H10N2O3. The molecule has 5 nitrogen and oxygen atoms in total. The average molecular weight is 230 g/mol. The van der Waals surface area contributed by atoms with Crippen molar-refractivity contribution >= 4 is 16.8 Å². The Bertz CT molecular complexity index is 669. The lowest BCUT2D eigenvalue weighted by Gasteiger charge is -2.02. The van der Waals surface area contributed by atoms with Crippen LogP contribution in [0.2, 0.25) is 0 Å². The summed E-state index contributed by atoms with van der Waals surface area (Å²) in [6.45, 7) is 0. The zero-order valence-electron chi connectivity index (χ0n) is 9.14. The van der Waals surface area contributed by atoms with Crippen LogP contribution >= 0.6 is 0 Å². The molecule has 0 aliphatic rings. The molecule has 17 heavy (non-hydrogen) atoms. The second-order valence-electron chi connectivity index (χ2n) is 3.63. The topological polar surface area (TPSA) is 74.4 Å². The summed E-state index contributed by atoms with van der Waals surface area (Å²) in [6, 6.07) is 7.29. The minimum absolute atomic E-state index is 0.353. The molecule has 0 spiro atoms. The molecule has 0 aliphatic heterocycles. The first-order valence-corrected chi connectivity index (χ1v) is 5.06. The third-order valence-electron chi connectivity index (χ3n) is 2.55. The Balaban J connectivity index is 2.23. The van der Waals surface area contributed by atoms with Crippen LogP contribution in [0.4, 0.5) is 5.82 Å². The number of ether oxygens (including phenoxy) is 1. The lowest BCUT2D eigenvalue weighted by molar-refractivity contribution is 0.409. The fourth-order valence-electron chi connectivity index (χ4n) is 1.77. The second kappa shape index (κ2) is 3.55. The van der Waals surface area contributed by atoms with Gasteiger partial charge < -0.3 is 19.4 Å². The van der Waals surface area contributed by atoms with Gasteiger partial charge in [0.15, 0.2) is 22.9 Å². The van der Waals surface area contributed by atoms with Crippen LogP contribution in [0.5, 0.6) is 5.75 Å². The van der Waals surface area contributed by atoms with Gasteiger partial charge in [0.2, 0.25) is 0 Å². The predicted octanol–water partition coefficient (Wildman–Crippen LogP) is 2.68. The van der Waals surface area contributed by atoms with Gasteiger partial charge in [-0.05, 0) is 18.2 Å². The van der Waals surface area contributed by atoms with E-state index in [9.17, 15) is 0 Å². The Morgan fingerprint density at radius 1 is 1.29 bits per heavy atom. The fraction of sp³-hybridized carbons (Fsp3) is 0.0833. The molecular weight excluding hydrogens is 220 g/mol. The van der Waals surface area contributed by atoms with E-state index in [-0.39, 0.29) is 0 Å². The van der Waals surface area contributed by atoms with Crippen LogP contribution in [-0.2, 0) is 0 Å². The lowest BCUT2D eigenvalue weighted by Crippen LogP contribution is -1.84. The number of methoxy groups -OCH3 is 1. The molecule has 3 rings (SSSR count). The highest BCUT2D eigenvalue weighted by atomic mass is 16.5. The number of anilines is 1. The monoisotopic (exact) mass is 230 g/mol. The number of benzene rings is 1. The Morgan fingerprint density at radius 3 is 2.88 bits per heavy atom. The summed E-state index contributed by atoms with van der Waals surface area (Å²) in [7, 11) is 1.59. The van der Waals surface area contributed by atoms with Gasteiger partial charge in [-0.15, -0.1) is 0 Å². The molecule has 3 aromatic rings. The molecule has 0 saturated heterocycles. The van der Waals surface area contributed by atoms with E-state index in [1.165, 1.54) is 0 Å². The summed E-state index contributed by atoms with van der Waals surface area (Å²) >= 11 is 0. The van der Waals surface area contributed by atoms with E-state index in [1.807, 2.05) is 18.2 Å². The first kappa shape index (κ1) is 9.77. The van der Waals surface area contributed by atoms with Crippen molar-refractivity contribution in [1.82, 2.24) is 5.16 Å². The summed E-state index contributed by atoms with van der Waals surface area (Å²) in [6.07, 6.45) is 1.62. The van der Waals surface area contributed by atoms with E-state index in [0.717, 1.165) is 10.9 Å². The van der Waals surface area contributed by atoms with Crippen molar-refractivity contribution in [2.45, 2.75) is 0 Å². The van der Waals surface area contributed by atoms with E-state index in [4.69, 9.17) is 19.4 Å². The Morgan fingerprint density at radius 2 is 2.18 bits per heavy atom. The average Bonchev–Trinajstić information content (AvgIpc) is 2.95. The summed E-state index contributed by atoms with van der Waals surface area (Å²) < 4.78 is 15.7. The van der Waals surface area contributed by atoms with Crippen molar-refractivity contribution in [2.24, 2.45) is 0 Å². The third-order valence-corrected chi connectivity index (χ3v) is 2.55. The Kier molecular flexibility index (Phi) is 2.04. The zero-order valence-corrected chi connectivity index (χ0v) is 9.14. The highest BCUT2D eigenvalue weighted by Gasteiger charge is 2.11. The molecule has 2 N–H and O–H groups in total. The molecule has 0 amide bonds. The van der Waals surface area contributed by atoms with Gasteiger partial charge in [-0.25, -0.2) is 0 Å². The molecule has 86 valence electrons. The van der Waals surface area contributed by atoms with Crippen molar-refractivity contribution in [1.29, 1.82) is 0 Å². The molecule has 0 fully saturated rings. The van der Waals surface area contributed by atoms with Gasteiger partial charge >= 0.3 is 0 Å². The van der Waals surface area contributed by atoms with Gasteiger partial charge in [0.25, 0.3) is 0 Å². The van der Waals surface area contributed by atoms with Crippen LogP contribution in [-0.4, -0.2) is 12.3 Å². The van der Waals surface area contributed by atoms with E-state index < -0.39 is 0 Å². The molecule has 2 aromatic heterocycles. The van der Waals surface area contributed by atoms with Crippen LogP contribution in [0, 0.1) is 0 Å². The second-order valence-corrected chi connectivity index (χ2v) is 3.63. The van der Waals surface area contributed by atoms with Crippen LogP contribution in [0.3, 0.4) is 0 Å². The number of aromatic nitrogens is 1. The first-order valence-electron chi connectivity index (χ1n) is 5.06. The number of rotatable bonds is 2. The molecule has 2 heterocycles. The molecule has 5 heteroatoms. The number of hydrogen-bond donors (Lipinski definition) is 1. The summed E-state index contributed by atoms with van der Waals surface area (Å²) in [5.74, 6) is 1.60. The highest BCUT2D eigenvalue weighted by Crippen LogP contribution is 2.33. The maximum Gasteiger partial charge on any atom is 0.175 e. The summed E-state index contributed by atoms with van der Waals surface area (Å²) in [4.78, 5) is 0. The standard InChI is InChI=1S/C12H10N2O3/c1-15-10-5-8(9-6-11(13)14-17-9)4-7-2-3-16-12(7)10/h2-6H,1H3,(H2,13,14). The third kappa shape index (κ3) is 1.52. The molecule has 1 aromatic carbocycles. The van der Waals surface area contributed by atoms with Crippen molar-refractivity contribution in [3.63, 3.8) is 0 Å². The summed E-state index contributed by atoms with van der Waals surface area (Å²) in [5.41, 5.74) is 7.08. The van der Waals surface area contributed by atoms with Gasteiger partial charge in [0.1, 0.15) is 0 Å². The highest BCUT2D eigenvalue weighted by molar-refractivity contribution is 5.88. The van der Waals surface area contributed by atoms with Crippen LogP contribution < -0.4 is 10.5 Å². The predicted molar refractivity (Wildman–Crippen MR) is 62.7 cm³/mol. The zero-order chi connectivity index (χ0) is 11.8. The largest absolute Gasteiger partial charge is 0.493 e. The maximum absolute atomic E-state index is 5.52. The van der Waals surface area contributed by atoms with Gasteiger partial charge in [0, 0.05) is 17.0 Å². The van der Waals surface area contributed by atoms with E-state index >= 15 is 0 Å². The van der Waals surface area contributed by atoms with Gasteiger partial charge in [-0.3, -0.25) is 0 Å². The number of nitrogens with zero attached hydrogens (tertiary/aromatic N) is 1. The fourth-order valence-corrected chi connectivity index (χ4v) is 1.77. The van der Waals surface area contributed by atoms with Gasteiger partial charge in [-0.1, -0.05) is 5.16 Å². The lowest BCUT2D eigenvalue weighted by atomic mass is 10.1. The molecule has 0 unspecified atom stereocenters. The minimum atomic E-state index is 0.353. The Labute approximate surface area is 96.7 Å². The normalized spacial score (nSPS) is 10.9. The Hall–Kier alpha value is -2.43. The summed E-state index contributed by atoms with van der Waals surface area (Å²) in [5, 5.41) is 4.59. The molecule has 0 aliphatic carbocycles. The first-order chi connectivity index (χ1) is 8.28. The quantitative estimate of drug-likeness (QED) is 0.732. The minimum Gasteiger partial charge on any atom is -0.493 e. The number of hydrogen-bond acceptors (Lipinski definition) is 5. The molecule has 0 saturated carbocycles. The van der Waals surface area contributed by atoms with Crippen molar-refractivity contribution in [3.8, 4) is 17.1 Å². The van der Waals surface area contributed by atoms with Crippen molar-refractivity contribution in [2.75, 3.05) is 12.8 Å². The molecule has 0 bridgehead atoms. The van der Waals surface area contributed by atoms with Gasteiger partial charge in [0.05, 0.1) is 13.4 Å². The van der Waals surface area contributed by atoms with Crippen molar-refractivity contribution in [3.05, 3.63) is 30.5 Å². The number of fused-ring (bicyclic) bond motifs is 1. The number of nitrogens with two attached hydrogens (primary N) is 1.